The zero-order valence-electron chi connectivity index (χ0n) is 12.8. The molecule has 5 heteroatoms. The van der Waals surface area contributed by atoms with Crippen molar-refractivity contribution in [3.05, 3.63) is 39.5 Å². The van der Waals surface area contributed by atoms with Gasteiger partial charge >= 0.3 is 4.87 Å². The number of benzene rings is 1. The number of carbonyl (C=O) groups is 1. The van der Waals surface area contributed by atoms with Crippen LogP contribution in [0.3, 0.4) is 0 Å². The fourth-order valence-corrected chi connectivity index (χ4v) is 3.18. The molecule has 1 heterocycles. The van der Waals surface area contributed by atoms with E-state index in [1.165, 1.54) is 11.3 Å². The zero-order chi connectivity index (χ0) is 15.7. The molecular formula is C16H20N2O2S. The molecule has 1 amide bonds. The molecule has 0 unspecified atom stereocenters. The van der Waals surface area contributed by atoms with Crippen molar-refractivity contribution in [2.24, 2.45) is 13.0 Å². The highest BCUT2D eigenvalue weighted by Gasteiger charge is 2.15. The molecule has 0 aliphatic heterocycles. The van der Waals surface area contributed by atoms with Crippen LogP contribution in [0.5, 0.6) is 0 Å². The number of fused-ring (bicyclic) bond motifs is 1. The highest BCUT2D eigenvalue weighted by molar-refractivity contribution is 7.16. The van der Waals surface area contributed by atoms with E-state index in [2.05, 4.69) is 11.9 Å². The number of carbonyl (C=O) groups excluding carboxylic acids is 1. The standard InChI is InChI=1S/C16H20N2O2S/c1-9(2)6-11(4)15(19)17-12-8-14-13(7-10(12)3)18(5)16(20)21-14/h7-8,11H,1,6H2,2-5H3,(H,17,19)/t11-/m0/s1. The average molecular weight is 304 g/mol. The van der Waals surface area contributed by atoms with Gasteiger partial charge in [-0.2, -0.15) is 0 Å². The van der Waals surface area contributed by atoms with E-state index in [1.54, 1.807) is 11.6 Å². The SMILES string of the molecule is C=C(C)C[C@H](C)C(=O)Nc1cc2sc(=O)n(C)c2cc1C. The van der Waals surface area contributed by atoms with Crippen LogP contribution in [0.1, 0.15) is 25.8 Å². The number of hydrogen-bond donors (Lipinski definition) is 1. The minimum absolute atomic E-state index is 0.00327. The largest absolute Gasteiger partial charge is 0.326 e. The first-order chi connectivity index (χ1) is 9.79. The van der Waals surface area contributed by atoms with Crippen molar-refractivity contribution in [2.75, 3.05) is 5.32 Å². The van der Waals surface area contributed by atoms with Crippen LogP contribution in [0.15, 0.2) is 29.1 Å². The molecule has 2 rings (SSSR count). The Hall–Kier alpha value is -1.88. The molecule has 1 aromatic carbocycles. The minimum atomic E-state index is -0.118. The van der Waals surface area contributed by atoms with Crippen molar-refractivity contribution in [1.82, 2.24) is 4.57 Å². The van der Waals surface area contributed by atoms with Gasteiger partial charge in [-0.1, -0.05) is 23.8 Å². The summed E-state index contributed by atoms with van der Waals surface area (Å²) in [6, 6.07) is 3.81. The monoisotopic (exact) mass is 304 g/mol. The van der Waals surface area contributed by atoms with Gasteiger partial charge in [0, 0.05) is 18.7 Å². The summed E-state index contributed by atoms with van der Waals surface area (Å²) in [6.45, 7) is 9.58. The number of anilines is 1. The van der Waals surface area contributed by atoms with E-state index in [0.29, 0.717) is 6.42 Å². The average Bonchev–Trinajstić information content (AvgIpc) is 2.65. The van der Waals surface area contributed by atoms with Crippen molar-refractivity contribution in [3.63, 3.8) is 0 Å². The topological polar surface area (TPSA) is 51.1 Å². The molecule has 1 aromatic heterocycles. The summed E-state index contributed by atoms with van der Waals surface area (Å²) < 4.78 is 2.51. The van der Waals surface area contributed by atoms with E-state index in [4.69, 9.17) is 0 Å². The molecule has 0 bridgehead atoms. The van der Waals surface area contributed by atoms with Crippen molar-refractivity contribution >= 4 is 33.1 Å². The summed E-state index contributed by atoms with van der Waals surface area (Å²) in [5.41, 5.74) is 3.61. The first-order valence-corrected chi connectivity index (χ1v) is 7.66. The molecule has 21 heavy (non-hydrogen) atoms. The van der Waals surface area contributed by atoms with Gasteiger partial charge in [-0.15, -0.1) is 6.58 Å². The van der Waals surface area contributed by atoms with Crippen LogP contribution in [-0.4, -0.2) is 10.5 Å². The molecule has 1 N–H and O–H groups in total. The number of thiazole rings is 1. The third-order valence-electron chi connectivity index (χ3n) is 3.50. The van der Waals surface area contributed by atoms with Crippen LogP contribution >= 0.6 is 11.3 Å². The molecule has 2 aromatic rings. The quantitative estimate of drug-likeness (QED) is 0.880. The second-order valence-corrected chi connectivity index (χ2v) is 6.61. The van der Waals surface area contributed by atoms with Gasteiger partial charge in [0.1, 0.15) is 0 Å². The lowest BCUT2D eigenvalue weighted by Crippen LogP contribution is -2.21. The number of aryl methyl sites for hydroxylation is 2. The molecule has 1 atom stereocenters. The third kappa shape index (κ3) is 3.24. The Morgan fingerprint density at radius 2 is 2.14 bits per heavy atom. The Morgan fingerprint density at radius 3 is 2.76 bits per heavy atom. The van der Waals surface area contributed by atoms with Gasteiger partial charge in [0.05, 0.1) is 10.2 Å². The summed E-state index contributed by atoms with van der Waals surface area (Å²) >= 11 is 1.19. The van der Waals surface area contributed by atoms with Gasteiger partial charge in [0.2, 0.25) is 5.91 Å². The van der Waals surface area contributed by atoms with E-state index >= 15 is 0 Å². The molecule has 4 nitrogen and oxygen atoms in total. The van der Waals surface area contributed by atoms with Gasteiger partial charge < -0.3 is 9.88 Å². The van der Waals surface area contributed by atoms with E-state index in [9.17, 15) is 9.59 Å². The highest BCUT2D eigenvalue weighted by atomic mass is 32.1. The summed E-state index contributed by atoms with van der Waals surface area (Å²) in [5, 5.41) is 2.95. The maximum Gasteiger partial charge on any atom is 0.307 e. The van der Waals surface area contributed by atoms with Crippen LogP contribution in [0.25, 0.3) is 10.2 Å². The number of aromatic nitrogens is 1. The van der Waals surface area contributed by atoms with E-state index in [-0.39, 0.29) is 16.7 Å². The van der Waals surface area contributed by atoms with Gasteiger partial charge in [-0.05, 0) is 38.0 Å². The molecule has 0 saturated carbocycles. The Morgan fingerprint density at radius 1 is 1.48 bits per heavy atom. The smallest absolute Gasteiger partial charge is 0.307 e. The Labute approximate surface area is 128 Å². The first-order valence-electron chi connectivity index (χ1n) is 6.85. The summed E-state index contributed by atoms with van der Waals surface area (Å²) in [4.78, 5) is 23.9. The Balaban J connectivity index is 2.30. The minimum Gasteiger partial charge on any atom is -0.326 e. The number of allylic oxidation sites excluding steroid dienone is 1. The molecule has 0 aliphatic carbocycles. The molecule has 112 valence electrons. The lowest BCUT2D eigenvalue weighted by Gasteiger charge is -2.14. The third-order valence-corrected chi connectivity index (χ3v) is 4.49. The molecule has 0 radical (unpaired) electrons. The number of nitrogens with zero attached hydrogens (tertiary/aromatic N) is 1. The summed E-state index contributed by atoms with van der Waals surface area (Å²) in [7, 11) is 1.76. The molecule has 0 spiro atoms. The van der Waals surface area contributed by atoms with E-state index < -0.39 is 0 Å². The van der Waals surface area contributed by atoms with Crippen LogP contribution in [-0.2, 0) is 11.8 Å². The van der Waals surface area contributed by atoms with E-state index in [1.807, 2.05) is 32.9 Å². The first kappa shape index (κ1) is 15.5. The van der Waals surface area contributed by atoms with Gasteiger partial charge in [0.25, 0.3) is 0 Å². The lowest BCUT2D eigenvalue weighted by molar-refractivity contribution is -0.119. The fourth-order valence-electron chi connectivity index (χ4n) is 2.28. The van der Waals surface area contributed by atoms with Gasteiger partial charge in [0.15, 0.2) is 0 Å². The number of hydrogen-bond acceptors (Lipinski definition) is 3. The number of amides is 1. The second-order valence-electron chi connectivity index (χ2n) is 5.61. The molecule has 0 aliphatic rings. The predicted molar refractivity (Wildman–Crippen MR) is 89.0 cm³/mol. The molecular weight excluding hydrogens is 284 g/mol. The normalized spacial score (nSPS) is 12.4. The maximum absolute atomic E-state index is 12.2. The van der Waals surface area contributed by atoms with Crippen LogP contribution in [0, 0.1) is 12.8 Å². The number of rotatable bonds is 4. The second kappa shape index (κ2) is 5.85. The zero-order valence-corrected chi connectivity index (χ0v) is 13.6. The van der Waals surface area contributed by atoms with Crippen LogP contribution in [0.2, 0.25) is 0 Å². The highest BCUT2D eigenvalue weighted by Crippen LogP contribution is 2.26. The molecule has 0 fully saturated rings. The van der Waals surface area contributed by atoms with Crippen molar-refractivity contribution in [3.8, 4) is 0 Å². The van der Waals surface area contributed by atoms with Crippen LogP contribution < -0.4 is 10.2 Å². The van der Waals surface area contributed by atoms with Crippen molar-refractivity contribution in [1.29, 1.82) is 0 Å². The predicted octanol–water partition coefficient (Wildman–Crippen LogP) is 3.45. The van der Waals surface area contributed by atoms with Crippen molar-refractivity contribution < 1.29 is 4.79 Å². The van der Waals surface area contributed by atoms with E-state index in [0.717, 1.165) is 27.0 Å². The lowest BCUT2D eigenvalue weighted by atomic mass is 10.0. The fraction of sp³-hybridized carbons (Fsp3) is 0.375. The number of nitrogens with one attached hydrogen (secondary N) is 1. The molecule has 0 saturated heterocycles. The Bertz CT molecular complexity index is 770. The maximum atomic E-state index is 12.2. The van der Waals surface area contributed by atoms with Crippen LogP contribution in [0.4, 0.5) is 5.69 Å². The van der Waals surface area contributed by atoms with Crippen molar-refractivity contribution in [2.45, 2.75) is 27.2 Å². The summed E-state index contributed by atoms with van der Waals surface area (Å²) in [6.07, 6.45) is 0.672. The summed E-state index contributed by atoms with van der Waals surface area (Å²) in [5.74, 6) is -0.143. The Kier molecular flexibility index (Phi) is 4.32. The van der Waals surface area contributed by atoms with Gasteiger partial charge in [-0.3, -0.25) is 9.59 Å². The van der Waals surface area contributed by atoms with Gasteiger partial charge in [-0.25, -0.2) is 0 Å².